The van der Waals surface area contributed by atoms with Gasteiger partial charge >= 0.3 is 0 Å². The summed E-state index contributed by atoms with van der Waals surface area (Å²) in [5.41, 5.74) is 5.60. The number of hydrogen-bond acceptors (Lipinski definition) is 4. The Hall–Kier alpha value is -3.94. The van der Waals surface area contributed by atoms with Gasteiger partial charge in [0.2, 0.25) is 0 Å². The monoisotopic (exact) mass is 583 g/mol. The van der Waals surface area contributed by atoms with E-state index >= 15 is 0 Å². The van der Waals surface area contributed by atoms with Crippen molar-refractivity contribution in [2.45, 2.75) is 30.2 Å². The highest BCUT2D eigenvalue weighted by molar-refractivity contribution is 7.85. The molecule has 1 atom stereocenters. The first-order valence-electron chi connectivity index (χ1n) is 13.6. The van der Waals surface area contributed by atoms with Gasteiger partial charge in [0.25, 0.3) is 11.8 Å². The van der Waals surface area contributed by atoms with Gasteiger partial charge in [0, 0.05) is 42.5 Å². The first-order valence-corrected chi connectivity index (χ1v) is 15.2. The first-order chi connectivity index (χ1) is 19.8. The first kappa shape index (κ1) is 27.2. The number of rotatable bonds is 4. The van der Waals surface area contributed by atoms with Gasteiger partial charge in [-0.05, 0) is 73.5 Å². The molecule has 208 valence electrons. The lowest BCUT2D eigenvalue weighted by atomic mass is 10.0. The number of fused-ring (bicyclic) bond motifs is 2. The fourth-order valence-electron chi connectivity index (χ4n) is 5.52. The van der Waals surface area contributed by atoms with Crippen molar-refractivity contribution in [2.75, 3.05) is 36.0 Å². The molecule has 8 heteroatoms. The Morgan fingerprint density at radius 3 is 2.41 bits per heavy atom. The lowest BCUT2D eigenvalue weighted by Crippen LogP contribution is -2.48. The van der Waals surface area contributed by atoms with E-state index < -0.39 is 10.8 Å². The minimum absolute atomic E-state index is 0.106. The van der Waals surface area contributed by atoms with Gasteiger partial charge in [-0.2, -0.15) is 0 Å². The van der Waals surface area contributed by atoms with E-state index in [1.165, 1.54) is 0 Å². The number of carbonyl (C=O) groups is 2. The molecule has 0 saturated carbocycles. The summed E-state index contributed by atoms with van der Waals surface area (Å²) in [7, 11) is -1.58. The molecule has 4 aromatic rings. The summed E-state index contributed by atoms with van der Waals surface area (Å²) in [5, 5.41) is 0.686. The quantitative estimate of drug-likeness (QED) is 0.285. The maximum atomic E-state index is 14.0. The van der Waals surface area contributed by atoms with Crippen LogP contribution in [0.25, 0.3) is 0 Å². The zero-order valence-electron chi connectivity index (χ0n) is 23.0. The fourth-order valence-corrected chi connectivity index (χ4v) is 7.05. The van der Waals surface area contributed by atoms with Crippen LogP contribution in [0.1, 0.15) is 37.4 Å². The Bertz CT molecular complexity index is 1700. The lowest BCUT2D eigenvalue weighted by molar-refractivity contribution is 0.0746. The lowest BCUT2D eigenvalue weighted by Gasteiger charge is -2.36. The average molecular weight is 584 g/mol. The van der Waals surface area contributed by atoms with Crippen molar-refractivity contribution in [1.29, 1.82) is 0 Å². The van der Waals surface area contributed by atoms with Gasteiger partial charge in [-0.3, -0.25) is 9.59 Å². The predicted molar refractivity (Wildman–Crippen MR) is 164 cm³/mol. The van der Waals surface area contributed by atoms with Gasteiger partial charge in [0.05, 0.1) is 38.4 Å². The smallest absolute Gasteiger partial charge is 0.259 e. The summed E-state index contributed by atoms with van der Waals surface area (Å²) < 4.78 is 13.8. The van der Waals surface area contributed by atoms with E-state index in [0.29, 0.717) is 64.4 Å². The molecule has 0 N–H and O–H groups in total. The highest BCUT2D eigenvalue weighted by Gasteiger charge is 2.32. The number of carbonyl (C=O) groups excluding carboxylic acids is 2. The van der Waals surface area contributed by atoms with Crippen LogP contribution in [0.2, 0.25) is 5.02 Å². The van der Waals surface area contributed by atoms with Gasteiger partial charge in [0.1, 0.15) is 0 Å². The summed E-state index contributed by atoms with van der Waals surface area (Å²) in [6, 6.07) is 26.2. The molecule has 1 fully saturated rings. The largest absolute Gasteiger partial charge is 0.368 e. The third kappa shape index (κ3) is 5.27. The van der Waals surface area contributed by atoms with Crippen LogP contribution in [-0.2, 0) is 17.3 Å². The molecule has 4 aromatic carbocycles. The molecule has 1 saturated heterocycles. The molecule has 0 unspecified atom stereocenters. The second-order valence-electron chi connectivity index (χ2n) is 10.5. The minimum atomic E-state index is -1.58. The molecule has 0 radical (unpaired) electrons. The summed E-state index contributed by atoms with van der Waals surface area (Å²) >= 11 is 6.18. The minimum Gasteiger partial charge on any atom is -0.368 e. The van der Waals surface area contributed by atoms with Crippen LogP contribution in [0, 0.1) is 13.8 Å². The molecule has 2 aliphatic rings. The van der Waals surface area contributed by atoms with Crippen molar-refractivity contribution in [1.82, 2.24) is 4.90 Å². The Labute approximate surface area is 247 Å². The van der Waals surface area contributed by atoms with Crippen LogP contribution in [0.3, 0.4) is 0 Å². The second-order valence-corrected chi connectivity index (χ2v) is 12.4. The fraction of sp³-hybridized carbons (Fsp3) is 0.212. The molecule has 41 heavy (non-hydrogen) atoms. The third-order valence-electron chi connectivity index (χ3n) is 7.83. The second kappa shape index (κ2) is 11.1. The van der Waals surface area contributed by atoms with Crippen LogP contribution in [0.4, 0.5) is 11.4 Å². The van der Waals surface area contributed by atoms with Crippen LogP contribution in [0.5, 0.6) is 0 Å². The third-order valence-corrected chi connectivity index (χ3v) is 9.57. The van der Waals surface area contributed by atoms with Crippen LogP contribution in [0.15, 0.2) is 94.7 Å². The Morgan fingerprint density at radius 1 is 0.854 bits per heavy atom. The molecule has 2 heterocycles. The number of aryl methyl sites for hydroxylation is 2. The molecule has 2 amide bonds. The Kier molecular flexibility index (Phi) is 7.41. The Balaban J connectivity index is 1.34. The maximum absolute atomic E-state index is 14.0. The normalized spacial score (nSPS) is 16.7. The van der Waals surface area contributed by atoms with Crippen LogP contribution < -0.4 is 9.80 Å². The van der Waals surface area contributed by atoms with E-state index in [9.17, 15) is 13.8 Å². The van der Waals surface area contributed by atoms with E-state index in [2.05, 4.69) is 11.0 Å². The number of halogens is 1. The highest BCUT2D eigenvalue weighted by Crippen LogP contribution is 2.37. The van der Waals surface area contributed by atoms with E-state index in [1.807, 2.05) is 55.1 Å². The van der Waals surface area contributed by atoms with Gasteiger partial charge in [0.15, 0.2) is 0 Å². The van der Waals surface area contributed by atoms with Crippen molar-refractivity contribution in [3.63, 3.8) is 0 Å². The van der Waals surface area contributed by atoms with Crippen molar-refractivity contribution in [3.8, 4) is 0 Å². The summed E-state index contributed by atoms with van der Waals surface area (Å²) in [4.78, 5) is 34.5. The van der Waals surface area contributed by atoms with Crippen molar-refractivity contribution >= 4 is 45.6 Å². The molecular formula is C33H30ClN3O3S. The molecule has 0 spiro atoms. The van der Waals surface area contributed by atoms with E-state index in [0.717, 1.165) is 22.4 Å². The molecule has 6 nitrogen and oxygen atoms in total. The summed E-state index contributed by atoms with van der Waals surface area (Å²) in [6.07, 6.45) is 0. The number of anilines is 2. The zero-order chi connectivity index (χ0) is 28.7. The predicted octanol–water partition coefficient (Wildman–Crippen LogP) is 6.25. The zero-order valence-corrected chi connectivity index (χ0v) is 24.5. The Morgan fingerprint density at radius 2 is 1.63 bits per heavy atom. The number of benzene rings is 4. The number of piperazine rings is 1. The molecule has 0 bridgehead atoms. The van der Waals surface area contributed by atoms with E-state index in [1.54, 1.807) is 47.4 Å². The van der Waals surface area contributed by atoms with E-state index in [4.69, 9.17) is 11.6 Å². The van der Waals surface area contributed by atoms with Gasteiger partial charge in [-0.25, -0.2) is 4.21 Å². The molecule has 0 aliphatic carbocycles. The number of nitrogens with zero attached hydrogens (tertiary/aromatic N) is 3. The van der Waals surface area contributed by atoms with Crippen molar-refractivity contribution in [2.24, 2.45) is 0 Å². The van der Waals surface area contributed by atoms with Gasteiger partial charge in [-0.15, -0.1) is 0 Å². The molecular weight excluding hydrogens is 554 g/mol. The van der Waals surface area contributed by atoms with Crippen LogP contribution in [-0.4, -0.2) is 47.1 Å². The van der Waals surface area contributed by atoms with Crippen molar-refractivity contribution in [3.05, 3.63) is 118 Å². The molecule has 2 aliphatic heterocycles. The average Bonchev–Trinajstić information content (AvgIpc) is 3.08. The topological polar surface area (TPSA) is 60.9 Å². The summed E-state index contributed by atoms with van der Waals surface area (Å²) in [5.74, 6) is -0.335. The van der Waals surface area contributed by atoms with E-state index in [-0.39, 0.29) is 11.8 Å². The van der Waals surface area contributed by atoms with Gasteiger partial charge < -0.3 is 14.7 Å². The van der Waals surface area contributed by atoms with Crippen LogP contribution >= 0.6 is 11.6 Å². The SMILES string of the molecule is Cc1ccc(C)c(CN2C(=O)c3ccccc3[S@@](=O)c3ccc(C(=O)N4CCN(c5cccc(Cl)c5)CC4)cc32)c1. The maximum Gasteiger partial charge on any atom is 0.259 e. The highest BCUT2D eigenvalue weighted by atomic mass is 35.5. The molecule has 0 aromatic heterocycles. The van der Waals surface area contributed by atoms with Crippen molar-refractivity contribution < 1.29 is 13.8 Å². The number of hydrogen-bond donors (Lipinski definition) is 0. The molecule has 6 rings (SSSR count). The summed E-state index contributed by atoms with van der Waals surface area (Å²) in [6.45, 7) is 6.85. The number of amides is 2. The van der Waals surface area contributed by atoms with Gasteiger partial charge in [-0.1, -0.05) is 53.6 Å². The standard InChI is InChI=1S/C33H30ClN3O3S/c1-22-10-11-23(2)25(18-22)21-37-29-19-24(12-13-31(29)41(40)30-9-4-3-8-28(30)33(37)39)32(38)36-16-14-35(15-17-36)27-7-5-6-26(34)20-27/h3-13,18-20H,14-17,21H2,1-2H3/t41-/m1/s1.